The van der Waals surface area contributed by atoms with Crippen LogP contribution in [-0.4, -0.2) is 11.7 Å². The molecule has 5 heteroatoms. The van der Waals surface area contributed by atoms with E-state index in [2.05, 4.69) is 6.58 Å². The molecule has 0 bridgehead atoms. The van der Waals surface area contributed by atoms with Crippen molar-refractivity contribution in [3.8, 4) is 16.9 Å². The van der Waals surface area contributed by atoms with E-state index >= 15 is 8.78 Å². The highest BCUT2D eigenvalue weighted by atomic mass is 19.2. The number of aliphatic hydroxyl groups excluding tert-OH is 1. The van der Waals surface area contributed by atoms with Crippen LogP contribution in [0, 0.1) is 23.4 Å². The summed E-state index contributed by atoms with van der Waals surface area (Å²) < 4.78 is 50.1. The molecule has 194 valence electrons. The van der Waals surface area contributed by atoms with Crippen LogP contribution in [0.15, 0.2) is 73.3 Å². The van der Waals surface area contributed by atoms with Crippen LogP contribution < -0.4 is 4.74 Å². The van der Waals surface area contributed by atoms with Crippen molar-refractivity contribution in [3.05, 3.63) is 107 Å². The van der Waals surface area contributed by atoms with Crippen LogP contribution in [0.1, 0.15) is 67.7 Å². The minimum Gasteiger partial charge on any atom is -0.493 e. The minimum atomic E-state index is -0.836. The Morgan fingerprint density at radius 3 is 2.35 bits per heavy atom. The summed E-state index contributed by atoms with van der Waals surface area (Å²) in [5.74, 6) is -1.24. The lowest BCUT2D eigenvalue weighted by Crippen LogP contribution is -2.13. The van der Waals surface area contributed by atoms with Gasteiger partial charge in [-0.25, -0.2) is 13.2 Å². The zero-order valence-electron chi connectivity index (χ0n) is 21.1. The van der Waals surface area contributed by atoms with Crippen LogP contribution in [0.4, 0.5) is 13.2 Å². The van der Waals surface area contributed by atoms with E-state index in [0.717, 1.165) is 31.2 Å². The number of benzene rings is 3. The van der Waals surface area contributed by atoms with E-state index in [1.165, 1.54) is 6.07 Å². The molecule has 0 radical (unpaired) electrons. The summed E-state index contributed by atoms with van der Waals surface area (Å²) in [7, 11) is 0. The van der Waals surface area contributed by atoms with Crippen molar-refractivity contribution in [2.24, 2.45) is 5.92 Å². The molecule has 3 aromatic carbocycles. The van der Waals surface area contributed by atoms with Crippen molar-refractivity contribution in [3.63, 3.8) is 0 Å². The molecule has 0 heterocycles. The Bertz CT molecular complexity index is 1240. The first-order chi connectivity index (χ1) is 17.9. The lowest BCUT2D eigenvalue weighted by molar-refractivity contribution is 0.199. The third-order valence-electron chi connectivity index (χ3n) is 7.14. The number of aliphatic hydroxyl groups is 1. The van der Waals surface area contributed by atoms with Gasteiger partial charge in [-0.2, -0.15) is 0 Å². The summed E-state index contributed by atoms with van der Waals surface area (Å²) in [5.41, 5.74) is 2.43. The largest absolute Gasteiger partial charge is 0.493 e. The first-order valence-corrected chi connectivity index (χ1v) is 12.8. The molecular formula is C32H33F3O2. The molecule has 0 aromatic heterocycles. The van der Waals surface area contributed by atoms with E-state index < -0.39 is 17.7 Å². The van der Waals surface area contributed by atoms with Gasteiger partial charge in [-0.15, -0.1) is 6.58 Å². The fraction of sp³-hybridized carbons (Fsp3) is 0.312. The van der Waals surface area contributed by atoms with Crippen molar-refractivity contribution in [1.82, 2.24) is 0 Å². The Kier molecular flexibility index (Phi) is 8.88. The lowest BCUT2D eigenvalue weighted by Gasteiger charge is -2.27. The monoisotopic (exact) mass is 506 g/mol. The number of hydrogen-bond acceptors (Lipinski definition) is 2. The Labute approximate surface area is 217 Å². The molecular weight excluding hydrogens is 473 g/mol. The average molecular weight is 507 g/mol. The molecule has 1 aliphatic carbocycles. The Morgan fingerprint density at radius 1 is 0.973 bits per heavy atom. The number of halogens is 3. The number of ether oxygens (including phenoxy) is 1. The first-order valence-electron chi connectivity index (χ1n) is 12.8. The van der Waals surface area contributed by atoms with E-state index in [9.17, 15) is 9.50 Å². The number of hydrogen-bond donors (Lipinski definition) is 1. The van der Waals surface area contributed by atoms with Gasteiger partial charge in [0.15, 0.2) is 11.6 Å². The average Bonchev–Trinajstić information content (AvgIpc) is 2.90. The maximum absolute atomic E-state index is 15.1. The highest BCUT2D eigenvalue weighted by Crippen LogP contribution is 2.39. The SMILES string of the molecule is C=CCCOc1ccc(/C=C/C2CCC(c3ccc(-c4ccc(C(C)O)cc4)c(F)c3F)CC2)c(F)c1. The minimum absolute atomic E-state index is 0.0467. The van der Waals surface area contributed by atoms with E-state index in [-0.39, 0.29) is 23.2 Å². The quantitative estimate of drug-likeness (QED) is 0.232. The maximum Gasteiger partial charge on any atom is 0.166 e. The molecule has 1 aliphatic rings. The summed E-state index contributed by atoms with van der Waals surface area (Å²) in [6, 6.07) is 15.0. The summed E-state index contributed by atoms with van der Waals surface area (Å²) in [6.07, 6.45) is 8.79. The van der Waals surface area contributed by atoms with Crippen LogP contribution in [0.5, 0.6) is 5.75 Å². The van der Waals surface area contributed by atoms with Crippen LogP contribution in [0.3, 0.4) is 0 Å². The molecule has 0 saturated heterocycles. The van der Waals surface area contributed by atoms with Crippen LogP contribution in [-0.2, 0) is 0 Å². The number of rotatable bonds is 9. The van der Waals surface area contributed by atoms with Gasteiger partial charge in [0, 0.05) is 17.2 Å². The zero-order chi connectivity index (χ0) is 26.4. The molecule has 0 aliphatic heterocycles. The van der Waals surface area contributed by atoms with Crippen LogP contribution in [0.25, 0.3) is 17.2 Å². The molecule has 1 N–H and O–H groups in total. The van der Waals surface area contributed by atoms with Crippen molar-refractivity contribution in [2.75, 3.05) is 6.61 Å². The van der Waals surface area contributed by atoms with E-state index in [1.807, 2.05) is 6.08 Å². The Hall–Kier alpha value is -3.31. The topological polar surface area (TPSA) is 29.5 Å². The van der Waals surface area contributed by atoms with Gasteiger partial charge in [0.25, 0.3) is 0 Å². The smallest absolute Gasteiger partial charge is 0.166 e. The van der Waals surface area contributed by atoms with Gasteiger partial charge in [0.2, 0.25) is 0 Å². The predicted molar refractivity (Wildman–Crippen MR) is 143 cm³/mol. The fourth-order valence-corrected chi connectivity index (χ4v) is 4.90. The van der Waals surface area contributed by atoms with Gasteiger partial charge in [0.1, 0.15) is 11.6 Å². The standard InChI is InChI=1S/C32H33F3O2/c1-3-4-19-37-27-16-15-26(30(33)20-27)10-7-22-5-8-24(9-6-22)28-17-18-29(32(35)31(28)34)25-13-11-23(12-14-25)21(2)36/h3,7,10-18,20-22,24,36H,1,4-6,8-9,19H2,2H3/b10-7+. The van der Waals surface area contributed by atoms with Gasteiger partial charge in [-0.1, -0.05) is 54.6 Å². The zero-order valence-corrected chi connectivity index (χ0v) is 21.1. The van der Waals surface area contributed by atoms with Gasteiger partial charge >= 0.3 is 0 Å². The molecule has 1 saturated carbocycles. The Morgan fingerprint density at radius 2 is 1.70 bits per heavy atom. The molecule has 4 rings (SSSR count). The maximum atomic E-state index is 15.1. The summed E-state index contributed by atoms with van der Waals surface area (Å²) in [6.45, 7) is 5.76. The van der Waals surface area contributed by atoms with Crippen molar-refractivity contribution in [1.29, 1.82) is 0 Å². The van der Waals surface area contributed by atoms with Crippen molar-refractivity contribution >= 4 is 6.08 Å². The lowest BCUT2D eigenvalue weighted by atomic mass is 9.78. The molecule has 2 nitrogen and oxygen atoms in total. The first kappa shape index (κ1) is 26.7. The van der Waals surface area contributed by atoms with Crippen LogP contribution >= 0.6 is 0 Å². The third-order valence-corrected chi connectivity index (χ3v) is 7.14. The molecule has 0 spiro atoms. The van der Waals surface area contributed by atoms with Gasteiger partial charge in [-0.3, -0.25) is 0 Å². The normalized spacial score (nSPS) is 18.6. The second-order valence-corrected chi connectivity index (χ2v) is 9.71. The molecule has 0 amide bonds. The van der Waals surface area contributed by atoms with Gasteiger partial charge < -0.3 is 9.84 Å². The second kappa shape index (κ2) is 12.3. The summed E-state index contributed by atoms with van der Waals surface area (Å²) in [5, 5.41) is 9.67. The second-order valence-electron chi connectivity index (χ2n) is 9.71. The Balaban J connectivity index is 1.37. The molecule has 1 fully saturated rings. The van der Waals surface area contributed by atoms with E-state index in [1.54, 1.807) is 67.6 Å². The van der Waals surface area contributed by atoms with Gasteiger partial charge in [0.05, 0.1) is 12.7 Å². The number of allylic oxidation sites excluding steroid dienone is 1. The highest BCUT2D eigenvalue weighted by Gasteiger charge is 2.26. The molecule has 3 aromatic rings. The highest BCUT2D eigenvalue weighted by molar-refractivity contribution is 5.65. The molecule has 37 heavy (non-hydrogen) atoms. The predicted octanol–water partition coefficient (Wildman–Crippen LogP) is 8.77. The summed E-state index contributed by atoms with van der Waals surface area (Å²) in [4.78, 5) is 0. The van der Waals surface area contributed by atoms with Crippen molar-refractivity contribution < 1.29 is 23.0 Å². The molecule has 1 atom stereocenters. The van der Waals surface area contributed by atoms with E-state index in [0.29, 0.717) is 35.5 Å². The summed E-state index contributed by atoms with van der Waals surface area (Å²) >= 11 is 0. The van der Waals surface area contributed by atoms with Crippen LogP contribution in [0.2, 0.25) is 0 Å². The third kappa shape index (κ3) is 6.53. The van der Waals surface area contributed by atoms with Crippen molar-refractivity contribution in [2.45, 2.75) is 51.0 Å². The van der Waals surface area contributed by atoms with Gasteiger partial charge in [-0.05, 0) is 79.7 Å². The van der Waals surface area contributed by atoms with E-state index in [4.69, 9.17) is 4.74 Å². The fourth-order valence-electron chi connectivity index (χ4n) is 4.90. The molecule has 1 unspecified atom stereocenters.